The number of nitriles is 1. The van der Waals surface area contributed by atoms with Crippen LogP contribution in [0.5, 0.6) is 0 Å². The lowest BCUT2D eigenvalue weighted by atomic mass is 10.1. The molecule has 0 aliphatic heterocycles. The second-order valence-corrected chi connectivity index (χ2v) is 5.10. The number of hydrogen-bond donors (Lipinski definition) is 2. The third kappa shape index (κ3) is 4.01. The van der Waals surface area contributed by atoms with Crippen molar-refractivity contribution in [2.24, 2.45) is 0 Å². The van der Waals surface area contributed by atoms with E-state index in [1.807, 2.05) is 42.7 Å². The van der Waals surface area contributed by atoms with Gasteiger partial charge in [-0.3, -0.25) is 4.98 Å². The number of H-pyrrole nitrogens is 1. The van der Waals surface area contributed by atoms with E-state index in [0.29, 0.717) is 5.57 Å². The predicted octanol–water partition coefficient (Wildman–Crippen LogP) is 2.36. The van der Waals surface area contributed by atoms with Crippen molar-refractivity contribution in [1.29, 1.82) is 5.26 Å². The molecule has 24 heavy (non-hydrogen) atoms. The molecule has 2 N–H and O–H groups in total. The average Bonchev–Trinajstić information content (AvgIpc) is 3.17. The van der Waals surface area contributed by atoms with Crippen LogP contribution >= 0.6 is 0 Å². The van der Waals surface area contributed by atoms with Crippen LogP contribution in [0.15, 0.2) is 55.0 Å². The van der Waals surface area contributed by atoms with Crippen molar-refractivity contribution < 1.29 is 0 Å². The van der Waals surface area contributed by atoms with E-state index in [4.69, 9.17) is 5.26 Å². The van der Waals surface area contributed by atoms with Crippen molar-refractivity contribution in [3.8, 4) is 6.07 Å². The van der Waals surface area contributed by atoms with Gasteiger partial charge in [0.05, 0.1) is 0 Å². The molecule has 0 fully saturated rings. The maximum atomic E-state index is 9.11. The van der Waals surface area contributed by atoms with Gasteiger partial charge in [-0.2, -0.15) is 10.5 Å². The Bertz CT molecular complexity index is 831. The number of aryl methyl sites for hydroxylation is 2. The summed E-state index contributed by atoms with van der Waals surface area (Å²) >= 11 is 0. The second kappa shape index (κ2) is 7.65. The highest BCUT2D eigenvalue weighted by Gasteiger charge is 2.05. The molecule has 0 aliphatic carbocycles. The number of hydrogen-bond acceptors (Lipinski definition) is 6. The highest BCUT2D eigenvalue weighted by molar-refractivity contribution is 5.73. The largest absolute Gasteiger partial charge is 0.360 e. The summed E-state index contributed by atoms with van der Waals surface area (Å²) in [6, 6.07) is 14.2. The van der Waals surface area contributed by atoms with Crippen molar-refractivity contribution in [2.75, 3.05) is 5.32 Å². The van der Waals surface area contributed by atoms with Gasteiger partial charge < -0.3 is 5.32 Å². The Morgan fingerprint density at radius 2 is 1.79 bits per heavy atom. The van der Waals surface area contributed by atoms with Gasteiger partial charge in [-0.15, -0.1) is 10.2 Å². The molecular weight excluding hydrogens is 302 g/mol. The molecule has 1 aromatic carbocycles. The van der Waals surface area contributed by atoms with Crippen molar-refractivity contribution in [3.63, 3.8) is 0 Å². The molecule has 0 saturated heterocycles. The summed E-state index contributed by atoms with van der Waals surface area (Å²) in [5.41, 5.74) is 3.72. The maximum absolute atomic E-state index is 9.11. The lowest BCUT2D eigenvalue weighted by Crippen LogP contribution is -1.94. The smallest absolute Gasteiger partial charge is 0.216 e. The Hall–Kier alpha value is -3.53. The molecule has 2 heterocycles. The zero-order chi connectivity index (χ0) is 16.6. The Labute approximate surface area is 139 Å². The molecule has 3 aromatic rings. The Morgan fingerprint density at radius 1 is 1.08 bits per heavy atom. The van der Waals surface area contributed by atoms with Gasteiger partial charge in [0.1, 0.15) is 11.6 Å². The third-order valence-electron chi connectivity index (χ3n) is 3.50. The van der Waals surface area contributed by atoms with E-state index in [-0.39, 0.29) is 5.82 Å². The van der Waals surface area contributed by atoms with E-state index in [1.54, 1.807) is 6.20 Å². The fourth-order valence-electron chi connectivity index (χ4n) is 2.18. The summed E-state index contributed by atoms with van der Waals surface area (Å²) in [5.74, 6) is 0.263. The first-order valence-electron chi connectivity index (χ1n) is 7.43. The average molecular weight is 317 g/mol. The fraction of sp³-hybridized carbons (Fsp3) is 0.118. The minimum Gasteiger partial charge on any atom is -0.360 e. The van der Waals surface area contributed by atoms with E-state index >= 15 is 0 Å². The minimum absolute atomic E-state index is 0.263. The van der Waals surface area contributed by atoms with Crippen molar-refractivity contribution in [2.45, 2.75) is 12.8 Å². The number of allylic oxidation sites excluding steroid dienone is 1. The van der Waals surface area contributed by atoms with Crippen LogP contribution in [0, 0.1) is 11.3 Å². The number of benzene rings is 1. The van der Waals surface area contributed by atoms with Gasteiger partial charge >= 0.3 is 0 Å². The number of rotatable bonds is 6. The SMILES string of the molecule is N#CC(=CNc1ccc(CCc2ccncc2)cc1)c1nn[nH]n1. The van der Waals surface area contributed by atoms with Crippen LogP contribution < -0.4 is 5.32 Å². The van der Waals surface area contributed by atoms with Crippen LogP contribution in [0.3, 0.4) is 0 Å². The lowest BCUT2D eigenvalue weighted by molar-refractivity contribution is 0.881. The Balaban J connectivity index is 1.59. The van der Waals surface area contributed by atoms with Crippen LogP contribution in [0.4, 0.5) is 5.69 Å². The number of tetrazole rings is 1. The van der Waals surface area contributed by atoms with Gasteiger partial charge in [0.2, 0.25) is 5.82 Å². The zero-order valence-electron chi connectivity index (χ0n) is 12.8. The van der Waals surface area contributed by atoms with E-state index in [1.165, 1.54) is 11.1 Å². The van der Waals surface area contributed by atoms with Crippen LogP contribution in [0.25, 0.3) is 5.57 Å². The molecular formula is C17H15N7. The summed E-state index contributed by atoms with van der Waals surface area (Å²) < 4.78 is 0. The van der Waals surface area contributed by atoms with Crippen LogP contribution in [-0.4, -0.2) is 25.6 Å². The minimum atomic E-state index is 0.263. The van der Waals surface area contributed by atoms with Crippen LogP contribution in [-0.2, 0) is 12.8 Å². The van der Waals surface area contributed by atoms with E-state index < -0.39 is 0 Å². The van der Waals surface area contributed by atoms with Gasteiger partial charge in [-0.1, -0.05) is 12.1 Å². The molecule has 0 aliphatic rings. The normalized spacial score (nSPS) is 11.0. The second-order valence-electron chi connectivity index (χ2n) is 5.10. The number of aromatic amines is 1. The van der Waals surface area contributed by atoms with Gasteiger partial charge in [-0.25, -0.2) is 0 Å². The topological polar surface area (TPSA) is 103 Å². The molecule has 0 atom stereocenters. The summed E-state index contributed by atoms with van der Waals surface area (Å²) in [4.78, 5) is 4.02. The van der Waals surface area contributed by atoms with E-state index in [2.05, 4.69) is 43.1 Å². The summed E-state index contributed by atoms with van der Waals surface area (Å²) in [6.07, 6.45) is 7.13. The number of pyridine rings is 1. The molecule has 0 spiro atoms. The van der Waals surface area contributed by atoms with Crippen LogP contribution in [0.1, 0.15) is 17.0 Å². The zero-order valence-corrected chi connectivity index (χ0v) is 12.8. The molecule has 7 nitrogen and oxygen atoms in total. The fourth-order valence-corrected chi connectivity index (χ4v) is 2.18. The molecule has 3 rings (SSSR count). The standard InChI is InChI=1S/C17H15N7/c18-11-15(17-21-23-24-22-17)12-20-16-5-3-13(4-6-16)1-2-14-7-9-19-10-8-14/h3-10,12,20H,1-2H2,(H,21,22,23,24). The van der Waals surface area contributed by atoms with Gasteiger partial charge in [0.25, 0.3) is 0 Å². The quantitative estimate of drug-likeness (QED) is 0.676. The third-order valence-corrected chi connectivity index (χ3v) is 3.50. The molecule has 0 saturated carbocycles. The van der Waals surface area contributed by atoms with Crippen molar-refractivity contribution >= 4 is 11.3 Å². The first kappa shape index (κ1) is 15.4. The van der Waals surface area contributed by atoms with Gasteiger partial charge in [0, 0.05) is 24.3 Å². The number of nitrogens with zero attached hydrogens (tertiary/aromatic N) is 5. The molecule has 2 aromatic heterocycles. The Kier molecular flexibility index (Phi) is 4.90. The van der Waals surface area contributed by atoms with Gasteiger partial charge in [0.15, 0.2) is 0 Å². The first-order valence-corrected chi connectivity index (χ1v) is 7.43. The molecule has 7 heteroatoms. The van der Waals surface area contributed by atoms with E-state index in [9.17, 15) is 0 Å². The number of aromatic nitrogens is 5. The molecule has 0 bridgehead atoms. The van der Waals surface area contributed by atoms with Crippen LogP contribution in [0.2, 0.25) is 0 Å². The molecule has 0 unspecified atom stereocenters. The Morgan fingerprint density at radius 3 is 2.42 bits per heavy atom. The number of anilines is 1. The predicted molar refractivity (Wildman–Crippen MR) is 89.5 cm³/mol. The lowest BCUT2D eigenvalue weighted by Gasteiger charge is -2.05. The molecule has 118 valence electrons. The molecule has 0 amide bonds. The van der Waals surface area contributed by atoms with E-state index in [0.717, 1.165) is 18.5 Å². The van der Waals surface area contributed by atoms with Gasteiger partial charge in [-0.05, 0) is 53.4 Å². The summed E-state index contributed by atoms with van der Waals surface area (Å²) in [6.45, 7) is 0. The summed E-state index contributed by atoms with van der Waals surface area (Å²) in [7, 11) is 0. The highest BCUT2D eigenvalue weighted by atomic mass is 15.5. The first-order chi connectivity index (χ1) is 11.8. The summed E-state index contributed by atoms with van der Waals surface area (Å²) in [5, 5.41) is 25.5. The highest BCUT2D eigenvalue weighted by Crippen LogP contribution is 2.14. The van der Waals surface area contributed by atoms with Crippen molar-refractivity contribution in [3.05, 3.63) is 71.9 Å². The molecule has 0 radical (unpaired) electrons. The number of nitrogens with one attached hydrogen (secondary N) is 2. The maximum Gasteiger partial charge on any atom is 0.216 e. The monoisotopic (exact) mass is 317 g/mol. The van der Waals surface area contributed by atoms with Crippen molar-refractivity contribution in [1.82, 2.24) is 25.6 Å².